The highest BCUT2D eigenvalue weighted by molar-refractivity contribution is 14.2. The lowest BCUT2D eigenvalue weighted by Gasteiger charge is -2.00. The Hall–Kier alpha value is -0.230. The summed E-state index contributed by atoms with van der Waals surface area (Å²) in [6, 6.07) is 7.38. The van der Waals surface area contributed by atoms with Crippen molar-refractivity contribution in [3.63, 3.8) is 0 Å². The largest absolute Gasteiger partial charge is 0.427 e. The third-order valence-corrected chi connectivity index (χ3v) is 3.15. The van der Waals surface area contributed by atoms with Crippen LogP contribution in [0.25, 0.3) is 0 Å². The van der Waals surface area contributed by atoms with E-state index in [1.54, 1.807) is 21.1 Å². The second kappa shape index (κ2) is 4.71. The molecule has 0 radical (unpaired) electrons. The maximum Gasteiger partial charge on any atom is 0.308 e. The van der Waals surface area contributed by atoms with Gasteiger partial charge >= 0.3 is 5.97 Å². The first kappa shape index (κ1) is 9.85. The Kier molecular flexibility index (Phi) is 3.87. The van der Waals surface area contributed by atoms with Gasteiger partial charge in [0.05, 0.1) is 0 Å². The summed E-state index contributed by atoms with van der Waals surface area (Å²) < 4.78 is 4.86. The second-order valence-electron chi connectivity index (χ2n) is 2.14. The van der Waals surface area contributed by atoms with E-state index >= 15 is 0 Å². The van der Waals surface area contributed by atoms with Crippen LogP contribution in [-0.2, 0) is 4.79 Å². The molecule has 0 heterocycles. The van der Waals surface area contributed by atoms with Gasteiger partial charge in [0.15, 0.2) is 0 Å². The van der Waals surface area contributed by atoms with Crippen molar-refractivity contribution in [3.8, 4) is 5.75 Å². The highest BCUT2D eigenvalue weighted by Crippen LogP contribution is 2.26. The molecule has 0 bridgehead atoms. The minimum absolute atomic E-state index is 0.287. The van der Waals surface area contributed by atoms with E-state index in [9.17, 15) is 4.79 Å². The van der Waals surface area contributed by atoms with E-state index in [0.29, 0.717) is 5.75 Å². The predicted octanol–water partition coefficient (Wildman–Crippen LogP) is 3.05. The van der Waals surface area contributed by atoms with Gasteiger partial charge in [0.1, 0.15) is 5.75 Å². The summed E-state index contributed by atoms with van der Waals surface area (Å²) in [6.07, 6.45) is 0. The number of hydrogen-bond acceptors (Lipinski definition) is 3. The molecular formula is C8H7IO2S. The Bertz CT molecular complexity index is 271. The monoisotopic (exact) mass is 294 g/mol. The highest BCUT2D eigenvalue weighted by atomic mass is 127. The summed E-state index contributed by atoms with van der Waals surface area (Å²) >= 11 is 2.20. The topological polar surface area (TPSA) is 26.3 Å². The van der Waals surface area contributed by atoms with Gasteiger partial charge in [0.25, 0.3) is 0 Å². The molecule has 0 aliphatic rings. The van der Waals surface area contributed by atoms with Gasteiger partial charge < -0.3 is 4.74 Å². The smallest absolute Gasteiger partial charge is 0.308 e. The third-order valence-electron chi connectivity index (χ3n) is 1.17. The van der Waals surface area contributed by atoms with E-state index in [1.165, 1.54) is 6.92 Å². The summed E-state index contributed by atoms with van der Waals surface area (Å²) in [5.74, 6) is 0.307. The van der Waals surface area contributed by atoms with Gasteiger partial charge in [-0.05, 0) is 24.3 Å². The van der Waals surface area contributed by atoms with Crippen LogP contribution in [-0.4, -0.2) is 5.97 Å². The van der Waals surface area contributed by atoms with Crippen LogP contribution in [0.3, 0.4) is 0 Å². The Labute approximate surface area is 87.3 Å². The number of benzene rings is 1. The molecule has 1 aromatic rings. The zero-order valence-corrected chi connectivity index (χ0v) is 9.39. The van der Waals surface area contributed by atoms with Crippen molar-refractivity contribution in [2.24, 2.45) is 0 Å². The predicted molar refractivity (Wildman–Crippen MR) is 57.6 cm³/mol. The first-order valence-electron chi connectivity index (χ1n) is 3.29. The molecule has 0 aliphatic carbocycles. The Balaban J connectivity index is 2.71. The molecule has 64 valence electrons. The molecule has 2 nitrogen and oxygen atoms in total. The fourth-order valence-corrected chi connectivity index (χ4v) is 1.84. The lowest BCUT2D eigenvalue weighted by Crippen LogP contribution is -2.00. The average molecular weight is 294 g/mol. The molecule has 0 aliphatic heterocycles. The molecule has 0 unspecified atom stereocenters. The van der Waals surface area contributed by atoms with Gasteiger partial charge in [-0.3, -0.25) is 4.79 Å². The zero-order valence-electron chi connectivity index (χ0n) is 6.41. The number of carbonyl (C=O) groups is 1. The zero-order chi connectivity index (χ0) is 8.97. The minimum atomic E-state index is -0.287. The molecule has 0 amide bonds. The molecule has 12 heavy (non-hydrogen) atoms. The fraction of sp³-hybridized carbons (Fsp3) is 0.125. The minimum Gasteiger partial charge on any atom is -0.427 e. The van der Waals surface area contributed by atoms with Crippen LogP contribution in [0.4, 0.5) is 0 Å². The van der Waals surface area contributed by atoms with Crippen LogP contribution in [0.2, 0.25) is 0 Å². The standard InChI is InChI=1S/C8H7IO2S/c1-6(10)11-7-2-4-8(12-9)5-3-7/h2-5H,1H3. The maximum atomic E-state index is 10.5. The molecule has 0 fully saturated rings. The molecule has 0 spiro atoms. The van der Waals surface area contributed by atoms with Crippen LogP contribution in [0.5, 0.6) is 5.75 Å². The molecule has 0 N–H and O–H groups in total. The number of halogens is 1. The second-order valence-corrected chi connectivity index (χ2v) is 4.09. The highest BCUT2D eigenvalue weighted by Gasteiger charge is 1.96. The lowest BCUT2D eigenvalue weighted by atomic mass is 10.3. The lowest BCUT2D eigenvalue weighted by molar-refractivity contribution is -0.131. The van der Waals surface area contributed by atoms with Gasteiger partial charge in [-0.2, -0.15) is 0 Å². The molecule has 0 saturated carbocycles. The van der Waals surface area contributed by atoms with Crippen molar-refractivity contribution in [2.45, 2.75) is 11.8 Å². The van der Waals surface area contributed by atoms with Gasteiger partial charge in [-0.15, -0.1) is 0 Å². The van der Waals surface area contributed by atoms with Crippen molar-refractivity contribution in [1.82, 2.24) is 0 Å². The Morgan fingerprint density at radius 2 is 2.00 bits per heavy atom. The average Bonchev–Trinajstić information content (AvgIpc) is 2.05. The first-order chi connectivity index (χ1) is 5.72. The van der Waals surface area contributed by atoms with E-state index < -0.39 is 0 Å². The fourth-order valence-electron chi connectivity index (χ4n) is 0.725. The van der Waals surface area contributed by atoms with Gasteiger partial charge in [-0.1, -0.05) is 8.93 Å². The Morgan fingerprint density at radius 3 is 2.42 bits per heavy atom. The van der Waals surface area contributed by atoms with E-state index in [2.05, 4.69) is 21.2 Å². The molecule has 0 saturated heterocycles. The molecule has 1 rings (SSSR count). The SMILES string of the molecule is CC(=O)Oc1ccc(SI)cc1. The van der Waals surface area contributed by atoms with Crippen molar-refractivity contribution in [3.05, 3.63) is 24.3 Å². The van der Waals surface area contributed by atoms with E-state index in [4.69, 9.17) is 4.74 Å². The Morgan fingerprint density at radius 1 is 1.42 bits per heavy atom. The number of rotatable bonds is 2. The van der Waals surface area contributed by atoms with Gasteiger partial charge in [0, 0.05) is 33.0 Å². The summed E-state index contributed by atoms with van der Waals surface area (Å²) in [5.41, 5.74) is 0. The van der Waals surface area contributed by atoms with Crippen LogP contribution >= 0.6 is 30.1 Å². The summed E-state index contributed by atoms with van der Waals surface area (Å²) in [7, 11) is 1.63. The molecule has 0 atom stereocenters. The number of ether oxygens (including phenoxy) is 1. The normalized spacial score (nSPS) is 9.50. The van der Waals surface area contributed by atoms with E-state index in [1.807, 2.05) is 12.1 Å². The number of carbonyl (C=O) groups excluding carboxylic acids is 1. The number of hydrogen-bond donors (Lipinski definition) is 0. The van der Waals surface area contributed by atoms with Crippen molar-refractivity contribution in [2.75, 3.05) is 0 Å². The molecular weight excluding hydrogens is 287 g/mol. The summed E-state index contributed by atoms with van der Waals surface area (Å²) in [6.45, 7) is 1.39. The van der Waals surface area contributed by atoms with Crippen LogP contribution in [0.15, 0.2) is 29.2 Å². The molecule has 1 aromatic carbocycles. The molecule has 4 heteroatoms. The van der Waals surface area contributed by atoms with Crippen molar-refractivity contribution < 1.29 is 9.53 Å². The quantitative estimate of drug-likeness (QED) is 0.476. The van der Waals surface area contributed by atoms with E-state index in [0.717, 1.165) is 4.90 Å². The van der Waals surface area contributed by atoms with Crippen LogP contribution in [0, 0.1) is 0 Å². The summed E-state index contributed by atoms with van der Waals surface area (Å²) in [4.78, 5) is 11.7. The maximum absolute atomic E-state index is 10.5. The van der Waals surface area contributed by atoms with E-state index in [-0.39, 0.29) is 5.97 Å². The van der Waals surface area contributed by atoms with Crippen LogP contribution in [0.1, 0.15) is 6.92 Å². The third kappa shape index (κ3) is 3.02. The van der Waals surface area contributed by atoms with Gasteiger partial charge in [0.2, 0.25) is 0 Å². The van der Waals surface area contributed by atoms with Gasteiger partial charge in [-0.25, -0.2) is 0 Å². The van der Waals surface area contributed by atoms with Crippen LogP contribution < -0.4 is 4.74 Å². The first-order valence-corrected chi connectivity index (χ1v) is 6.65. The summed E-state index contributed by atoms with van der Waals surface area (Å²) in [5, 5.41) is 0. The van der Waals surface area contributed by atoms with Crippen molar-refractivity contribution >= 4 is 36.1 Å². The van der Waals surface area contributed by atoms with Crippen molar-refractivity contribution in [1.29, 1.82) is 0 Å². The number of esters is 1. The molecule has 0 aromatic heterocycles.